The van der Waals surface area contributed by atoms with Gasteiger partial charge in [0.1, 0.15) is 0 Å². The zero-order chi connectivity index (χ0) is 12.3. The molecule has 0 spiro atoms. The fraction of sp³-hybridized carbons (Fsp3) is 0.571. The molecule has 0 aromatic heterocycles. The summed E-state index contributed by atoms with van der Waals surface area (Å²) in [4.78, 5) is 1.35. The minimum Gasteiger partial charge on any atom is -0.385 e. The van der Waals surface area contributed by atoms with Gasteiger partial charge in [-0.05, 0) is 37.1 Å². The van der Waals surface area contributed by atoms with E-state index in [0.29, 0.717) is 0 Å². The van der Waals surface area contributed by atoms with Crippen LogP contribution in [0.25, 0.3) is 0 Å². The normalized spacial score (nSPS) is 10.7. The van der Waals surface area contributed by atoms with E-state index in [1.165, 1.54) is 16.9 Å². The van der Waals surface area contributed by atoms with E-state index in [1.54, 1.807) is 7.11 Å². The standard InChI is InChI=1S/C14H23NOS/c1-3-9-15-12-13-5-7-14(8-6-13)17-11-4-10-16-2/h5-8,15H,3-4,9-12H2,1-2H3. The Kier molecular flexibility index (Phi) is 8.14. The lowest BCUT2D eigenvalue weighted by molar-refractivity contribution is 0.200. The molecule has 2 nitrogen and oxygen atoms in total. The summed E-state index contributed by atoms with van der Waals surface area (Å²) in [5.74, 6) is 1.13. The number of rotatable bonds is 9. The van der Waals surface area contributed by atoms with Gasteiger partial charge in [0, 0.05) is 30.9 Å². The summed E-state index contributed by atoms with van der Waals surface area (Å²) >= 11 is 1.90. The predicted molar refractivity (Wildman–Crippen MR) is 75.7 cm³/mol. The summed E-state index contributed by atoms with van der Waals surface area (Å²) in [6, 6.07) is 8.84. The number of benzene rings is 1. The molecule has 0 fully saturated rings. The van der Waals surface area contributed by atoms with E-state index in [-0.39, 0.29) is 0 Å². The van der Waals surface area contributed by atoms with Crippen LogP contribution in [0, 0.1) is 0 Å². The third-order valence-electron chi connectivity index (χ3n) is 2.44. The van der Waals surface area contributed by atoms with E-state index in [4.69, 9.17) is 4.74 Å². The summed E-state index contributed by atoms with van der Waals surface area (Å²) in [5, 5.41) is 3.41. The Labute approximate surface area is 109 Å². The molecule has 0 heterocycles. The van der Waals surface area contributed by atoms with Crippen molar-refractivity contribution in [3.63, 3.8) is 0 Å². The summed E-state index contributed by atoms with van der Waals surface area (Å²) in [6.45, 7) is 5.11. The Balaban J connectivity index is 2.24. The first-order valence-electron chi connectivity index (χ1n) is 6.28. The average Bonchev–Trinajstić information content (AvgIpc) is 2.37. The monoisotopic (exact) mass is 253 g/mol. The van der Waals surface area contributed by atoms with Gasteiger partial charge in [-0.25, -0.2) is 0 Å². The van der Waals surface area contributed by atoms with Crippen LogP contribution in [0.2, 0.25) is 0 Å². The third kappa shape index (κ3) is 6.71. The Hall–Kier alpha value is -0.510. The van der Waals surface area contributed by atoms with Crippen LogP contribution in [-0.4, -0.2) is 26.0 Å². The molecule has 1 N–H and O–H groups in total. The highest BCUT2D eigenvalue weighted by Gasteiger charge is 1.96. The SMILES string of the molecule is CCCNCc1ccc(SCCCOC)cc1. The highest BCUT2D eigenvalue weighted by molar-refractivity contribution is 7.99. The maximum atomic E-state index is 5.03. The first-order chi connectivity index (χ1) is 8.36. The van der Waals surface area contributed by atoms with Gasteiger partial charge in [-0.2, -0.15) is 0 Å². The second-order valence-electron chi connectivity index (χ2n) is 4.02. The smallest absolute Gasteiger partial charge is 0.0470 e. The maximum absolute atomic E-state index is 5.03. The summed E-state index contributed by atoms with van der Waals surface area (Å²) in [7, 11) is 1.75. The largest absolute Gasteiger partial charge is 0.385 e. The van der Waals surface area contributed by atoms with Crippen molar-refractivity contribution in [2.45, 2.75) is 31.2 Å². The first-order valence-corrected chi connectivity index (χ1v) is 7.26. The van der Waals surface area contributed by atoms with Crippen LogP contribution in [0.15, 0.2) is 29.2 Å². The van der Waals surface area contributed by atoms with Crippen LogP contribution in [-0.2, 0) is 11.3 Å². The molecule has 0 aliphatic rings. The van der Waals surface area contributed by atoms with Crippen molar-refractivity contribution >= 4 is 11.8 Å². The number of nitrogens with one attached hydrogen (secondary N) is 1. The molecule has 96 valence electrons. The van der Waals surface area contributed by atoms with E-state index in [2.05, 4.69) is 36.5 Å². The van der Waals surface area contributed by atoms with Crippen molar-refractivity contribution in [2.75, 3.05) is 26.0 Å². The molecule has 0 aliphatic heterocycles. The molecule has 0 aliphatic carbocycles. The molecule has 1 aromatic carbocycles. The topological polar surface area (TPSA) is 21.3 Å². The number of thioether (sulfide) groups is 1. The predicted octanol–water partition coefficient (Wildman–Crippen LogP) is 3.31. The molecule has 0 saturated carbocycles. The van der Waals surface area contributed by atoms with Gasteiger partial charge in [0.25, 0.3) is 0 Å². The minimum absolute atomic E-state index is 0.853. The highest BCUT2D eigenvalue weighted by atomic mass is 32.2. The quantitative estimate of drug-likeness (QED) is 0.539. The Morgan fingerprint density at radius 3 is 2.65 bits per heavy atom. The summed E-state index contributed by atoms with van der Waals surface area (Å²) < 4.78 is 5.03. The summed E-state index contributed by atoms with van der Waals surface area (Å²) in [5.41, 5.74) is 1.36. The van der Waals surface area contributed by atoms with Crippen molar-refractivity contribution in [2.24, 2.45) is 0 Å². The van der Waals surface area contributed by atoms with Crippen LogP contribution < -0.4 is 5.32 Å². The number of methoxy groups -OCH3 is 1. The molecule has 0 unspecified atom stereocenters. The van der Waals surface area contributed by atoms with Gasteiger partial charge in [0.05, 0.1) is 0 Å². The zero-order valence-electron chi connectivity index (χ0n) is 10.9. The lowest BCUT2D eigenvalue weighted by atomic mass is 10.2. The Bertz CT molecular complexity index is 287. The molecule has 0 saturated heterocycles. The average molecular weight is 253 g/mol. The molecule has 1 rings (SSSR count). The number of hydrogen-bond donors (Lipinski definition) is 1. The second-order valence-corrected chi connectivity index (χ2v) is 5.18. The second kappa shape index (κ2) is 9.51. The van der Waals surface area contributed by atoms with Gasteiger partial charge < -0.3 is 10.1 Å². The van der Waals surface area contributed by atoms with Gasteiger partial charge >= 0.3 is 0 Å². The summed E-state index contributed by atoms with van der Waals surface area (Å²) in [6.07, 6.45) is 2.30. The van der Waals surface area contributed by atoms with Crippen molar-refractivity contribution in [1.82, 2.24) is 5.32 Å². The molecule has 0 atom stereocenters. The fourth-order valence-electron chi connectivity index (χ4n) is 1.51. The lowest BCUT2D eigenvalue weighted by Crippen LogP contribution is -2.13. The first kappa shape index (κ1) is 14.6. The van der Waals surface area contributed by atoms with Gasteiger partial charge in [-0.1, -0.05) is 19.1 Å². The van der Waals surface area contributed by atoms with E-state index in [0.717, 1.165) is 31.9 Å². The van der Waals surface area contributed by atoms with E-state index in [9.17, 15) is 0 Å². The maximum Gasteiger partial charge on any atom is 0.0470 e. The zero-order valence-corrected chi connectivity index (χ0v) is 11.7. The van der Waals surface area contributed by atoms with Crippen molar-refractivity contribution in [3.05, 3.63) is 29.8 Å². The fourth-order valence-corrected chi connectivity index (χ4v) is 2.33. The van der Waals surface area contributed by atoms with Gasteiger partial charge in [-0.3, -0.25) is 0 Å². The van der Waals surface area contributed by atoms with Crippen LogP contribution in [0.1, 0.15) is 25.3 Å². The lowest BCUT2D eigenvalue weighted by Gasteiger charge is -2.05. The number of ether oxygens (including phenoxy) is 1. The van der Waals surface area contributed by atoms with Crippen LogP contribution >= 0.6 is 11.8 Å². The van der Waals surface area contributed by atoms with Crippen molar-refractivity contribution in [1.29, 1.82) is 0 Å². The van der Waals surface area contributed by atoms with Gasteiger partial charge in [0.2, 0.25) is 0 Å². The van der Waals surface area contributed by atoms with E-state index in [1.807, 2.05) is 11.8 Å². The molecule has 1 aromatic rings. The Morgan fingerprint density at radius 1 is 1.24 bits per heavy atom. The molecule has 0 radical (unpaired) electrons. The molecule has 17 heavy (non-hydrogen) atoms. The highest BCUT2D eigenvalue weighted by Crippen LogP contribution is 2.19. The Morgan fingerprint density at radius 2 is 2.00 bits per heavy atom. The molecule has 3 heteroatoms. The van der Waals surface area contributed by atoms with Crippen LogP contribution in [0.4, 0.5) is 0 Å². The molecule has 0 bridgehead atoms. The minimum atomic E-state index is 0.853. The molecular weight excluding hydrogens is 230 g/mol. The molecular formula is C14H23NOS. The van der Waals surface area contributed by atoms with Crippen molar-refractivity contribution < 1.29 is 4.74 Å². The molecule has 0 amide bonds. The van der Waals surface area contributed by atoms with Gasteiger partial charge in [-0.15, -0.1) is 11.8 Å². The van der Waals surface area contributed by atoms with Crippen LogP contribution in [0.5, 0.6) is 0 Å². The van der Waals surface area contributed by atoms with Gasteiger partial charge in [0.15, 0.2) is 0 Å². The van der Waals surface area contributed by atoms with Crippen LogP contribution in [0.3, 0.4) is 0 Å². The van der Waals surface area contributed by atoms with Crippen molar-refractivity contribution in [3.8, 4) is 0 Å². The van der Waals surface area contributed by atoms with E-state index < -0.39 is 0 Å². The number of hydrogen-bond acceptors (Lipinski definition) is 3. The third-order valence-corrected chi connectivity index (χ3v) is 3.54. The van der Waals surface area contributed by atoms with E-state index >= 15 is 0 Å².